The molecule has 0 unspecified atom stereocenters. The topological polar surface area (TPSA) is 49.7 Å². The Bertz CT molecular complexity index is 584. The Balaban J connectivity index is 1.69. The summed E-state index contributed by atoms with van der Waals surface area (Å²) in [6.07, 6.45) is 4.09. The fourth-order valence-electron chi connectivity index (χ4n) is 5.67. The van der Waals surface area contributed by atoms with Gasteiger partial charge >= 0.3 is 0 Å². The van der Waals surface area contributed by atoms with Gasteiger partial charge in [-0.25, -0.2) is 0 Å². The van der Waals surface area contributed by atoms with Crippen LogP contribution in [0.4, 0.5) is 0 Å². The molecule has 2 N–H and O–H groups in total. The number of hydrogen-bond donors (Lipinski definition) is 2. The van der Waals surface area contributed by atoms with Crippen LogP contribution in [-0.2, 0) is 6.42 Å². The average molecular weight is 302 g/mol. The highest BCUT2D eigenvalue weighted by Gasteiger charge is 2.57. The third-order valence-corrected chi connectivity index (χ3v) is 6.91. The summed E-state index contributed by atoms with van der Waals surface area (Å²) in [6, 6.07) is 6.51. The number of fused-ring (bicyclic) bond motifs is 5. The standard InChI is InChI=1S/C19H26O3/c1-19-8-7-14-13-6-4-12(22-2)9-11(13)3-5-15(14)16(19)10-17(20)18(19)21/h4,6,9,14-18,20-21H,3,5,7-8,10H2,1-2H3/t14-,15-,16+,17+,18-,19-/m1/s1. The number of aliphatic hydroxyl groups is 2. The van der Waals surface area contributed by atoms with Crippen molar-refractivity contribution in [2.45, 2.75) is 57.2 Å². The second-order valence-electron chi connectivity index (χ2n) is 7.77. The number of aliphatic hydroxyl groups excluding tert-OH is 2. The van der Waals surface area contributed by atoms with Gasteiger partial charge in [0.25, 0.3) is 0 Å². The van der Waals surface area contributed by atoms with E-state index in [1.165, 1.54) is 17.5 Å². The van der Waals surface area contributed by atoms with Crippen molar-refractivity contribution in [2.24, 2.45) is 17.3 Å². The summed E-state index contributed by atoms with van der Waals surface area (Å²) in [5, 5.41) is 20.6. The first kappa shape index (κ1) is 14.5. The first-order chi connectivity index (χ1) is 10.5. The van der Waals surface area contributed by atoms with Crippen molar-refractivity contribution < 1.29 is 14.9 Å². The Labute approximate surface area is 132 Å². The molecular weight excluding hydrogens is 276 g/mol. The second-order valence-corrected chi connectivity index (χ2v) is 7.77. The quantitative estimate of drug-likeness (QED) is 0.838. The molecule has 3 heteroatoms. The Morgan fingerprint density at radius 3 is 2.82 bits per heavy atom. The summed E-state index contributed by atoms with van der Waals surface area (Å²) in [5.74, 6) is 2.59. The highest BCUT2D eigenvalue weighted by Crippen LogP contribution is 2.60. The lowest BCUT2D eigenvalue weighted by Gasteiger charge is -2.49. The van der Waals surface area contributed by atoms with Gasteiger partial charge in [0.2, 0.25) is 0 Å². The first-order valence-electron chi connectivity index (χ1n) is 8.57. The van der Waals surface area contributed by atoms with Gasteiger partial charge in [-0.05, 0) is 78.5 Å². The van der Waals surface area contributed by atoms with Crippen LogP contribution in [-0.4, -0.2) is 29.5 Å². The molecule has 3 nitrogen and oxygen atoms in total. The van der Waals surface area contributed by atoms with Crippen molar-refractivity contribution in [1.29, 1.82) is 0 Å². The van der Waals surface area contributed by atoms with Gasteiger partial charge in [-0.1, -0.05) is 13.0 Å². The van der Waals surface area contributed by atoms with Gasteiger partial charge in [-0.3, -0.25) is 0 Å². The number of benzene rings is 1. The molecule has 0 amide bonds. The zero-order chi connectivity index (χ0) is 15.5. The zero-order valence-corrected chi connectivity index (χ0v) is 13.5. The van der Waals surface area contributed by atoms with Crippen molar-refractivity contribution in [3.8, 4) is 5.75 Å². The SMILES string of the molecule is COc1ccc2c(c1)CC[C@@H]1[C@@H]2CC[C@@]2(C)[C@H](O)[C@@H](O)C[C@@H]12. The van der Waals surface area contributed by atoms with Crippen LogP contribution in [0.2, 0.25) is 0 Å². The Morgan fingerprint density at radius 1 is 1.23 bits per heavy atom. The smallest absolute Gasteiger partial charge is 0.119 e. The van der Waals surface area contributed by atoms with Crippen LogP contribution in [0.3, 0.4) is 0 Å². The molecule has 0 aliphatic heterocycles. The van der Waals surface area contributed by atoms with Crippen LogP contribution >= 0.6 is 0 Å². The fourth-order valence-corrected chi connectivity index (χ4v) is 5.67. The highest BCUT2D eigenvalue weighted by molar-refractivity contribution is 5.40. The van der Waals surface area contributed by atoms with Gasteiger partial charge in [0.05, 0.1) is 19.3 Å². The summed E-state index contributed by atoms with van der Waals surface area (Å²) in [5.41, 5.74) is 2.82. The van der Waals surface area contributed by atoms with E-state index in [4.69, 9.17) is 4.74 Å². The van der Waals surface area contributed by atoms with Gasteiger partial charge < -0.3 is 14.9 Å². The summed E-state index contributed by atoms with van der Waals surface area (Å²) >= 11 is 0. The fraction of sp³-hybridized carbons (Fsp3) is 0.684. The number of aryl methyl sites for hydroxylation is 1. The molecule has 0 aromatic heterocycles. The maximum atomic E-state index is 10.4. The lowest BCUT2D eigenvalue weighted by atomic mass is 9.55. The van der Waals surface area contributed by atoms with Crippen molar-refractivity contribution in [3.63, 3.8) is 0 Å². The minimum absolute atomic E-state index is 0.0927. The van der Waals surface area contributed by atoms with Crippen LogP contribution in [0, 0.1) is 17.3 Å². The lowest BCUT2D eigenvalue weighted by Crippen LogP contribution is -2.44. The molecule has 1 aromatic rings. The molecule has 120 valence electrons. The Hall–Kier alpha value is -1.06. The predicted molar refractivity (Wildman–Crippen MR) is 85.0 cm³/mol. The molecule has 3 aliphatic carbocycles. The Morgan fingerprint density at radius 2 is 2.05 bits per heavy atom. The van der Waals surface area contributed by atoms with E-state index in [-0.39, 0.29) is 5.41 Å². The molecule has 0 saturated heterocycles. The summed E-state index contributed by atoms with van der Waals surface area (Å²) in [6.45, 7) is 2.19. The van der Waals surface area contributed by atoms with E-state index in [0.717, 1.165) is 31.4 Å². The molecule has 3 aliphatic rings. The minimum atomic E-state index is -0.546. The molecular formula is C19H26O3. The monoisotopic (exact) mass is 302 g/mol. The first-order valence-corrected chi connectivity index (χ1v) is 8.57. The van der Waals surface area contributed by atoms with Crippen molar-refractivity contribution in [3.05, 3.63) is 29.3 Å². The zero-order valence-electron chi connectivity index (χ0n) is 13.5. The van der Waals surface area contributed by atoms with Crippen LogP contribution in [0.15, 0.2) is 18.2 Å². The molecule has 0 spiro atoms. The van der Waals surface area contributed by atoms with Crippen molar-refractivity contribution >= 4 is 0 Å². The number of methoxy groups -OCH3 is 1. The molecule has 0 radical (unpaired) electrons. The van der Waals surface area contributed by atoms with E-state index in [0.29, 0.717) is 17.8 Å². The van der Waals surface area contributed by atoms with E-state index in [9.17, 15) is 10.2 Å². The van der Waals surface area contributed by atoms with Crippen LogP contribution in [0.5, 0.6) is 5.75 Å². The third kappa shape index (κ3) is 1.88. The third-order valence-electron chi connectivity index (χ3n) is 6.91. The van der Waals surface area contributed by atoms with Gasteiger partial charge in [-0.15, -0.1) is 0 Å². The lowest BCUT2D eigenvalue weighted by molar-refractivity contribution is -0.0505. The predicted octanol–water partition coefficient (Wildman–Crippen LogP) is 2.88. The summed E-state index contributed by atoms with van der Waals surface area (Å²) in [4.78, 5) is 0. The molecule has 4 rings (SSSR count). The minimum Gasteiger partial charge on any atom is -0.497 e. The van der Waals surface area contributed by atoms with Crippen LogP contribution in [0.1, 0.15) is 49.7 Å². The maximum absolute atomic E-state index is 10.4. The second kappa shape index (κ2) is 4.97. The normalized spacial score (nSPS) is 43.2. The van der Waals surface area contributed by atoms with E-state index >= 15 is 0 Å². The molecule has 2 fully saturated rings. The largest absolute Gasteiger partial charge is 0.497 e. The van der Waals surface area contributed by atoms with E-state index < -0.39 is 12.2 Å². The van der Waals surface area contributed by atoms with Crippen molar-refractivity contribution in [2.75, 3.05) is 7.11 Å². The molecule has 1 aromatic carbocycles. The molecule has 0 heterocycles. The number of ether oxygens (including phenoxy) is 1. The average Bonchev–Trinajstić information content (AvgIpc) is 2.77. The number of hydrogen-bond acceptors (Lipinski definition) is 3. The maximum Gasteiger partial charge on any atom is 0.119 e. The van der Waals surface area contributed by atoms with E-state index in [1.807, 2.05) is 0 Å². The van der Waals surface area contributed by atoms with Crippen molar-refractivity contribution in [1.82, 2.24) is 0 Å². The highest BCUT2D eigenvalue weighted by atomic mass is 16.5. The molecule has 6 atom stereocenters. The molecule has 22 heavy (non-hydrogen) atoms. The van der Waals surface area contributed by atoms with Gasteiger partial charge in [0, 0.05) is 0 Å². The summed E-state index contributed by atoms with van der Waals surface area (Å²) in [7, 11) is 1.72. The van der Waals surface area contributed by atoms with Gasteiger partial charge in [0.15, 0.2) is 0 Å². The Kier molecular flexibility index (Phi) is 3.28. The number of rotatable bonds is 1. The molecule has 2 saturated carbocycles. The van der Waals surface area contributed by atoms with E-state index in [1.54, 1.807) is 7.11 Å². The van der Waals surface area contributed by atoms with Crippen LogP contribution in [0.25, 0.3) is 0 Å². The van der Waals surface area contributed by atoms with E-state index in [2.05, 4.69) is 25.1 Å². The van der Waals surface area contributed by atoms with Gasteiger partial charge in [-0.2, -0.15) is 0 Å². The molecule has 0 bridgehead atoms. The van der Waals surface area contributed by atoms with Crippen LogP contribution < -0.4 is 4.74 Å². The summed E-state index contributed by atoms with van der Waals surface area (Å²) < 4.78 is 5.36. The van der Waals surface area contributed by atoms with Gasteiger partial charge in [0.1, 0.15) is 5.75 Å².